The van der Waals surface area contributed by atoms with Gasteiger partial charge in [-0.2, -0.15) is 0 Å². The molecule has 0 saturated carbocycles. The van der Waals surface area contributed by atoms with Crippen LogP contribution in [-0.4, -0.2) is 30.0 Å². The van der Waals surface area contributed by atoms with Crippen molar-refractivity contribution < 1.29 is 9.53 Å². The smallest absolute Gasteiger partial charge is 0.285 e. The standard InChI is InChI=1S/C7H10N4O2/c1-8-11-7(12)5-3-9-4-6(10-5)13-2/h3-4,8H,1-2H3,(H,11,12). The van der Waals surface area contributed by atoms with Gasteiger partial charge in [-0.25, -0.2) is 10.4 Å². The lowest BCUT2D eigenvalue weighted by Gasteiger charge is -2.02. The number of hydrogen-bond donors (Lipinski definition) is 2. The fourth-order valence-corrected chi connectivity index (χ4v) is 0.733. The van der Waals surface area contributed by atoms with Crippen molar-refractivity contribution in [2.24, 2.45) is 0 Å². The molecule has 0 atom stereocenters. The van der Waals surface area contributed by atoms with Gasteiger partial charge in [0.2, 0.25) is 5.88 Å². The molecule has 2 N–H and O–H groups in total. The van der Waals surface area contributed by atoms with E-state index in [0.29, 0.717) is 5.88 Å². The fourth-order valence-electron chi connectivity index (χ4n) is 0.733. The van der Waals surface area contributed by atoms with E-state index in [4.69, 9.17) is 4.74 Å². The molecule has 0 unspecified atom stereocenters. The molecule has 1 aromatic heterocycles. The molecule has 1 amide bonds. The number of ether oxygens (including phenoxy) is 1. The number of carbonyl (C=O) groups is 1. The van der Waals surface area contributed by atoms with Crippen molar-refractivity contribution in [3.05, 3.63) is 18.1 Å². The van der Waals surface area contributed by atoms with E-state index in [1.165, 1.54) is 19.5 Å². The zero-order valence-corrected chi connectivity index (χ0v) is 7.37. The molecular weight excluding hydrogens is 172 g/mol. The monoisotopic (exact) mass is 182 g/mol. The van der Waals surface area contributed by atoms with Gasteiger partial charge < -0.3 is 4.74 Å². The van der Waals surface area contributed by atoms with Crippen molar-refractivity contribution >= 4 is 5.91 Å². The highest BCUT2D eigenvalue weighted by Crippen LogP contribution is 2.02. The average molecular weight is 182 g/mol. The lowest BCUT2D eigenvalue weighted by molar-refractivity contribution is 0.0931. The third kappa shape index (κ3) is 2.38. The van der Waals surface area contributed by atoms with Crippen molar-refractivity contribution in [2.45, 2.75) is 0 Å². The van der Waals surface area contributed by atoms with Crippen LogP contribution in [-0.2, 0) is 0 Å². The highest BCUT2D eigenvalue weighted by Gasteiger charge is 2.06. The molecule has 0 spiro atoms. The highest BCUT2D eigenvalue weighted by molar-refractivity contribution is 5.91. The van der Waals surface area contributed by atoms with Crippen molar-refractivity contribution in [3.8, 4) is 5.88 Å². The maximum atomic E-state index is 11.2. The summed E-state index contributed by atoms with van der Waals surface area (Å²) in [4.78, 5) is 18.8. The van der Waals surface area contributed by atoms with Crippen molar-refractivity contribution in [3.63, 3.8) is 0 Å². The summed E-state index contributed by atoms with van der Waals surface area (Å²) in [5, 5.41) is 0. The van der Waals surface area contributed by atoms with Crippen LogP contribution >= 0.6 is 0 Å². The highest BCUT2D eigenvalue weighted by atomic mass is 16.5. The zero-order chi connectivity index (χ0) is 9.68. The lowest BCUT2D eigenvalue weighted by Crippen LogP contribution is -2.34. The minimum atomic E-state index is -0.353. The second kappa shape index (κ2) is 4.36. The molecule has 0 radical (unpaired) electrons. The molecule has 70 valence electrons. The fraction of sp³-hybridized carbons (Fsp3) is 0.286. The minimum Gasteiger partial charge on any atom is -0.480 e. The Bertz CT molecular complexity index is 302. The third-order valence-electron chi connectivity index (χ3n) is 1.29. The van der Waals surface area contributed by atoms with Gasteiger partial charge in [0.15, 0.2) is 5.69 Å². The van der Waals surface area contributed by atoms with Crippen molar-refractivity contribution in [2.75, 3.05) is 14.2 Å². The number of carbonyl (C=O) groups excluding carboxylic acids is 1. The van der Waals surface area contributed by atoms with E-state index < -0.39 is 0 Å². The number of aromatic nitrogens is 2. The molecular formula is C7H10N4O2. The van der Waals surface area contributed by atoms with Crippen LogP contribution in [0.25, 0.3) is 0 Å². The number of hydrogen-bond acceptors (Lipinski definition) is 5. The van der Waals surface area contributed by atoms with E-state index in [1.54, 1.807) is 7.05 Å². The van der Waals surface area contributed by atoms with E-state index in [0.717, 1.165) is 0 Å². The molecule has 0 saturated heterocycles. The first-order valence-corrected chi connectivity index (χ1v) is 3.61. The number of nitrogens with one attached hydrogen (secondary N) is 2. The van der Waals surface area contributed by atoms with Crippen LogP contribution in [0.4, 0.5) is 0 Å². The Kier molecular flexibility index (Phi) is 3.15. The van der Waals surface area contributed by atoms with Crippen LogP contribution in [0.15, 0.2) is 12.4 Å². The summed E-state index contributed by atoms with van der Waals surface area (Å²) in [6.45, 7) is 0. The maximum Gasteiger partial charge on any atom is 0.285 e. The Hall–Kier alpha value is -1.69. The molecule has 1 rings (SSSR count). The predicted octanol–water partition coefficient (Wildman–Crippen LogP) is -0.651. The van der Waals surface area contributed by atoms with E-state index in [-0.39, 0.29) is 11.6 Å². The first kappa shape index (κ1) is 9.40. The van der Waals surface area contributed by atoms with Crippen LogP contribution in [0.1, 0.15) is 10.5 Å². The largest absolute Gasteiger partial charge is 0.480 e. The number of nitrogens with zero attached hydrogens (tertiary/aromatic N) is 2. The van der Waals surface area contributed by atoms with Gasteiger partial charge in [0.05, 0.1) is 19.5 Å². The van der Waals surface area contributed by atoms with Crippen LogP contribution in [0.5, 0.6) is 5.88 Å². The van der Waals surface area contributed by atoms with Crippen LogP contribution < -0.4 is 15.6 Å². The zero-order valence-electron chi connectivity index (χ0n) is 7.37. The number of hydrazine groups is 1. The van der Waals surface area contributed by atoms with Crippen molar-refractivity contribution in [1.29, 1.82) is 0 Å². The van der Waals surface area contributed by atoms with E-state index in [1.807, 2.05) is 0 Å². The molecule has 0 fully saturated rings. The second-order valence-corrected chi connectivity index (χ2v) is 2.15. The Balaban J connectivity index is 2.82. The van der Waals surface area contributed by atoms with Gasteiger partial charge >= 0.3 is 0 Å². The summed E-state index contributed by atoms with van der Waals surface area (Å²) in [7, 11) is 3.05. The second-order valence-electron chi connectivity index (χ2n) is 2.15. The van der Waals surface area contributed by atoms with Gasteiger partial charge in [-0.1, -0.05) is 0 Å². The van der Waals surface area contributed by atoms with E-state index in [9.17, 15) is 4.79 Å². The summed E-state index contributed by atoms with van der Waals surface area (Å²) < 4.78 is 4.81. The van der Waals surface area contributed by atoms with Gasteiger partial charge in [0, 0.05) is 7.05 Å². The minimum absolute atomic E-state index is 0.203. The van der Waals surface area contributed by atoms with Gasteiger partial charge in [0.1, 0.15) is 0 Å². The number of amides is 1. The molecule has 0 aliphatic heterocycles. The molecule has 1 aromatic rings. The molecule has 0 aromatic carbocycles. The SMILES string of the molecule is CNNC(=O)c1cncc(OC)n1. The average Bonchev–Trinajstić information content (AvgIpc) is 2.18. The Morgan fingerprint density at radius 1 is 1.54 bits per heavy atom. The molecule has 13 heavy (non-hydrogen) atoms. The Labute approximate surface area is 75.3 Å². The van der Waals surface area contributed by atoms with Gasteiger partial charge in [-0.15, -0.1) is 0 Å². The molecule has 0 aliphatic rings. The van der Waals surface area contributed by atoms with Gasteiger partial charge in [-0.05, 0) is 0 Å². The Morgan fingerprint density at radius 3 is 2.92 bits per heavy atom. The summed E-state index contributed by atoms with van der Waals surface area (Å²) >= 11 is 0. The Morgan fingerprint density at radius 2 is 2.31 bits per heavy atom. The van der Waals surface area contributed by atoms with Crippen molar-refractivity contribution in [1.82, 2.24) is 20.8 Å². The summed E-state index contributed by atoms with van der Waals surface area (Å²) in [5.41, 5.74) is 5.06. The first-order chi connectivity index (χ1) is 6.27. The summed E-state index contributed by atoms with van der Waals surface area (Å²) in [5.74, 6) is -0.0438. The molecule has 6 nitrogen and oxygen atoms in total. The molecule has 6 heteroatoms. The van der Waals surface area contributed by atoms with E-state index >= 15 is 0 Å². The molecule has 0 bridgehead atoms. The summed E-state index contributed by atoms with van der Waals surface area (Å²) in [6, 6.07) is 0. The third-order valence-corrected chi connectivity index (χ3v) is 1.29. The van der Waals surface area contributed by atoms with E-state index in [2.05, 4.69) is 20.8 Å². The number of rotatable bonds is 3. The van der Waals surface area contributed by atoms with Crippen LogP contribution in [0, 0.1) is 0 Å². The van der Waals surface area contributed by atoms with Crippen LogP contribution in [0.3, 0.4) is 0 Å². The van der Waals surface area contributed by atoms with Gasteiger partial charge in [-0.3, -0.25) is 15.2 Å². The number of methoxy groups -OCH3 is 1. The molecule has 1 heterocycles. The topological polar surface area (TPSA) is 76.1 Å². The maximum absolute atomic E-state index is 11.2. The quantitative estimate of drug-likeness (QED) is 0.607. The predicted molar refractivity (Wildman–Crippen MR) is 45.1 cm³/mol. The molecule has 0 aliphatic carbocycles. The first-order valence-electron chi connectivity index (χ1n) is 3.61. The van der Waals surface area contributed by atoms with Crippen LogP contribution in [0.2, 0.25) is 0 Å². The van der Waals surface area contributed by atoms with Gasteiger partial charge in [0.25, 0.3) is 5.91 Å². The summed E-state index contributed by atoms with van der Waals surface area (Å²) in [6.07, 6.45) is 2.78. The lowest BCUT2D eigenvalue weighted by atomic mass is 10.4. The normalized spacial score (nSPS) is 9.38.